The third kappa shape index (κ3) is 2.29. The Morgan fingerprint density at radius 3 is 2.50 bits per heavy atom. The van der Waals surface area contributed by atoms with Crippen LogP contribution in [0.5, 0.6) is 5.75 Å². The van der Waals surface area contributed by atoms with Crippen molar-refractivity contribution in [2.75, 3.05) is 14.2 Å². The molecular weight excluding hydrogens is 232 g/mol. The lowest BCUT2D eigenvalue weighted by molar-refractivity contribution is 0.0586. The van der Waals surface area contributed by atoms with Crippen molar-refractivity contribution in [2.24, 2.45) is 0 Å². The van der Waals surface area contributed by atoms with E-state index in [9.17, 15) is 4.79 Å². The Bertz CT molecular complexity index is 555. The number of hydrogen-bond donors (Lipinski definition) is 0. The lowest BCUT2D eigenvalue weighted by atomic mass is 10.1. The van der Waals surface area contributed by atoms with E-state index in [1.54, 1.807) is 0 Å². The summed E-state index contributed by atoms with van der Waals surface area (Å²) in [6.07, 6.45) is 1.46. The first-order valence-corrected chi connectivity index (χ1v) is 5.31. The first-order valence-electron chi connectivity index (χ1n) is 5.31. The molecule has 0 N–H and O–H groups in total. The molecule has 5 heteroatoms. The Morgan fingerprint density at radius 2 is 1.89 bits per heavy atom. The van der Waals surface area contributed by atoms with Gasteiger partial charge in [-0.3, -0.25) is 0 Å². The number of carbonyl (C=O) groups excluding carboxylic acids is 1. The highest BCUT2D eigenvalue weighted by Gasteiger charge is 2.14. The predicted molar refractivity (Wildman–Crippen MR) is 65.4 cm³/mol. The third-order valence-electron chi connectivity index (χ3n) is 2.39. The van der Waals surface area contributed by atoms with E-state index < -0.39 is 5.97 Å². The Balaban J connectivity index is 2.53. The van der Waals surface area contributed by atoms with Gasteiger partial charge in [-0.25, -0.2) is 14.8 Å². The summed E-state index contributed by atoms with van der Waals surface area (Å²) in [6, 6.07) is 9.43. The molecule has 0 amide bonds. The molecule has 2 aromatic rings. The molecule has 0 aliphatic heterocycles. The Hall–Kier alpha value is -2.43. The van der Waals surface area contributed by atoms with Gasteiger partial charge >= 0.3 is 5.97 Å². The summed E-state index contributed by atoms with van der Waals surface area (Å²) in [5.41, 5.74) is 1.41. The maximum absolute atomic E-state index is 11.4. The highest BCUT2D eigenvalue weighted by atomic mass is 16.5. The van der Waals surface area contributed by atoms with Crippen LogP contribution in [-0.2, 0) is 4.74 Å². The van der Waals surface area contributed by atoms with Gasteiger partial charge in [0.2, 0.25) is 5.82 Å². The fourth-order valence-corrected chi connectivity index (χ4v) is 1.51. The van der Waals surface area contributed by atoms with Crippen molar-refractivity contribution in [1.82, 2.24) is 9.97 Å². The Kier molecular flexibility index (Phi) is 3.52. The molecular formula is C13H12N2O3. The van der Waals surface area contributed by atoms with Crippen LogP contribution in [0.2, 0.25) is 0 Å². The van der Waals surface area contributed by atoms with Gasteiger partial charge in [0.1, 0.15) is 5.69 Å². The normalized spacial score (nSPS) is 9.89. The van der Waals surface area contributed by atoms with Gasteiger partial charge < -0.3 is 9.47 Å². The fraction of sp³-hybridized carbons (Fsp3) is 0.154. The molecule has 0 aliphatic rings. The molecule has 5 nitrogen and oxygen atoms in total. The average molecular weight is 244 g/mol. The maximum atomic E-state index is 11.4. The Labute approximate surface area is 104 Å². The van der Waals surface area contributed by atoms with Crippen LogP contribution in [0.15, 0.2) is 36.5 Å². The molecule has 2 rings (SSSR count). The van der Waals surface area contributed by atoms with E-state index in [0.29, 0.717) is 11.4 Å². The molecule has 18 heavy (non-hydrogen) atoms. The molecule has 1 aromatic carbocycles. The molecule has 0 atom stereocenters. The van der Waals surface area contributed by atoms with Gasteiger partial charge in [-0.05, 0) is 0 Å². The van der Waals surface area contributed by atoms with Gasteiger partial charge in [0.25, 0.3) is 0 Å². The second-order valence-electron chi connectivity index (χ2n) is 3.47. The molecule has 0 aliphatic carbocycles. The number of esters is 1. The number of hydrogen-bond acceptors (Lipinski definition) is 5. The molecule has 92 valence electrons. The van der Waals surface area contributed by atoms with E-state index in [1.165, 1.54) is 20.4 Å². The molecule has 0 saturated carbocycles. The van der Waals surface area contributed by atoms with Gasteiger partial charge in [0.15, 0.2) is 5.75 Å². The summed E-state index contributed by atoms with van der Waals surface area (Å²) in [7, 11) is 2.82. The molecule has 0 unspecified atom stereocenters. The average Bonchev–Trinajstić information content (AvgIpc) is 2.46. The predicted octanol–water partition coefficient (Wildman–Crippen LogP) is 1.94. The largest absolute Gasteiger partial charge is 0.493 e. The SMILES string of the molecule is COC(=O)c1ncc(OC)c(-c2ccccc2)n1. The van der Waals surface area contributed by atoms with Crippen molar-refractivity contribution in [3.8, 4) is 17.0 Å². The van der Waals surface area contributed by atoms with Crippen LogP contribution >= 0.6 is 0 Å². The number of methoxy groups -OCH3 is 2. The van der Waals surface area contributed by atoms with Crippen molar-refractivity contribution in [3.05, 3.63) is 42.4 Å². The highest BCUT2D eigenvalue weighted by Crippen LogP contribution is 2.26. The van der Waals surface area contributed by atoms with Gasteiger partial charge in [-0.1, -0.05) is 30.3 Å². The highest BCUT2D eigenvalue weighted by molar-refractivity contribution is 5.86. The zero-order valence-electron chi connectivity index (χ0n) is 10.1. The summed E-state index contributed by atoms with van der Waals surface area (Å²) in [6.45, 7) is 0. The van der Waals surface area contributed by atoms with Crippen molar-refractivity contribution in [3.63, 3.8) is 0 Å². The van der Waals surface area contributed by atoms with Gasteiger partial charge in [0.05, 0.1) is 20.4 Å². The maximum Gasteiger partial charge on any atom is 0.376 e. The monoisotopic (exact) mass is 244 g/mol. The summed E-state index contributed by atoms with van der Waals surface area (Å²) in [4.78, 5) is 19.5. The van der Waals surface area contributed by atoms with Crippen LogP contribution in [0.4, 0.5) is 0 Å². The zero-order valence-corrected chi connectivity index (χ0v) is 10.1. The van der Waals surface area contributed by atoms with E-state index in [0.717, 1.165) is 5.56 Å². The molecule has 0 saturated heterocycles. The second kappa shape index (κ2) is 5.27. The molecule has 0 fully saturated rings. The van der Waals surface area contributed by atoms with E-state index in [4.69, 9.17) is 4.74 Å². The minimum absolute atomic E-state index is 0.0113. The van der Waals surface area contributed by atoms with E-state index in [-0.39, 0.29) is 5.82 Å². The van der Waals surface area contributed by atoms with E-state index >= 15 is 0 Å². The minimum atomic E-state index is -0.574. The number of carbonyl (C=O) groups is 1. The molecule has 0 bridgehead atoms. The van der Waals surface area contributed by atoms with Gasteiger partial charge in [0, 0.05) is 5.56 Å². The first-order chi connectivity index (χ1) is 8.76. The van der Waals surface area contributed by atoms with Crippen LogP contribution in [0, 0.1) is 0 Å². The van der Waals surface area contributed by atoms with Crippen molar-refractivity contribution < 1.29 is 14.3 Å². The van der Waals surface area contributed by atoms with Crippen LogP contribution in [0.3, 0.4) is 0 Å². The quantitative estimate of drug-likeness (QED) is 0.772. The van der Waals surface area contributed by atoms with Gasteiger partial charge in [-0.15, -0.1) is 0 Å². The summed E-state index contributed by atoms with van der Waals surface area (Å²) < 4.78 is 9.79. The van der Waals surface area contributed by atoms with Crippen LogP contribution in [0.1, 0.15) is 10.6 Å². The first kappa shape index (κ1) is 12.0. The number of ether oxygens (including phenoxy) is 2. The van der Waals surface area contributed by atoms with E-state index in [1.807, 2.05) is 30.3 Å². The summed E-state index contributed by atoms with van der Waals surface area (Å²) >= 11 is 0. The minimum Gasteiger partial charge on any atom is -0.493 e. The number of rotatable bonds is 3. The van der Waals surface area contributed by atoms with Crippen LogP contribution in [-0.4, -0.2) is 30.2 Å². The molecule has 0 spiro atoms. The number of aromatic nitrogens is 2. The summed E-state index contributed by atoms with van der Waals surface area (Å²) in [5.74, 6) is -0.0548. The lowest BCUT2D eigenvalue weighted by Crippen LogP contribution is -2.08. The number of benzene rings is 1. The van der Waals surface area contributed by atoms with Crippen LogP contribution in [0.25, 0.3) is 11.3 Å². The van der Waals surface area contributed by atoms with Crippen molar-refractivity contribution >= 4 is 5.97 Å². The lowest BCUT2D eigenvalue weighted by Gasteiger charge is -2.08. The topological polar surface area (TPSA) is 61.3 Å². The molecule has 0 radical (unpaired) electrons. The Morgan fingerprint density at radius 1 is 1.17 bits per heavy atom. The van der Waals surface area contributed by atoms with Crippen LogP contribution < -0.4 is 4.74 Å². The second-order valence-corrected chi connectivity index (χ2v) is 3.47. The fourth-order valence-electron chi connectivity index (χ4n) is 1.51. The molecule has 1 aromatic heterocycles. The summed E-state index contributed by atoms with van der Waals surface area (Å²) in [5, 5.41) is 0. The zero-order chi connectivity index (χ0) is 13.0. The van der Waals surface area contributed by atoms with Crippen molar-refractivity contribution in [2.45, 2.75) is 0 Å². The van der Waals surface area contributed by atoms with Crippen molar-refractivity contribution in [1.29, 1.82) is 0 Å². The van der Waals surface area contributed by atoms with Gasteiger partial charge in [-0.2, -0.15) is 0 Å². The smallest absolute Gasteiger partial charge is 0.376 e. The van der Waals surface area contributed by atoms with E-state index in [2.05, 4.69) is 14.7 Å². The molecule has 1 heterocycles. The number of nitrogens with zero attached hydrogens (tertiary/aromatic N) is 2. The standard InChI is InChI=1S/C13H12N2O3/c1-17-10-8-14-12(13(16)18-2)15-11(10)9-6-4-3-5-7-9/h3-8H,1-2H3. The third-order valence-corrected chi connectivity index (χ3v) is 2.39.